The highest BCUT2D eigenvalue weighted by molar-refractivity contribution is 7.17. The molecule has 0 N–H and O–H groups in total. The minimum absolute atomic E-state index is 0. The summed E-state index contributed by atoms with van der Waals surface area (Å²) in [5, 5.41) is 0.406. The maximum Gasteiger partial charge on any atom is 0.322 e. The molecule has 1 aromatic heterocycles. The Balaban J connectivity index is 0.00000169. The van der Waals surface area contributed by atoms with E-state index in [1.807, 2.05) is 0 Å². The van der Waals surface area contributed by atoms with Crippen LogP contribution in [-0.4, -0.2) is 12.3 Å². The number of hydrogen-bond donors (Lipinski definition) is 0. The lowest BCUT2D eigenvalue weighted by atomic mass is 10.2. The van der Waals surface area contributed by atoms with Crippen LogP contribution >= 0.6 is 35.3 Å². The van der Waals surface area contributed by atoms with Crippen molar-refractivity contribution in [3.8, 4) is 5.06 Å². The number of halogens is 2. The Morgan fingerprint density at radius 3 is 2.71 bits per heavy atom. The topological polar surface area (TPSA) is 43.4 Å². The molecule has 0 aliphatic carbocycles. The van der Waals surface area contributed by atoms with Gasteiger partial charge >= 0.3 is 5.97 Å². The third kappa shape index (κ3) is 3.65. The van der Waals surface area contributed by atoms with E-state index in [9.17, 15) is 9.59 Å². The molecule has 0 saturated carbocycles. The van der Waals surface area contributed by atoms with E-state index >= 15 is 0 Å². The summed E-state index contributed by atoms with van der Waals surface area (Å²) in [5.41, 5.74) is 0. The van der Waals surface area contributed by atoms with Crippen LogP contribution in [0.25, 0.3) is 0 Å². The van der Waals surface area contributed by atoms with Crippen molar-refractivity contribution < 1.29 is 14.3 Å². The highest BCUT2D eigenvalue weighted by Gasteiger charge is 2.14. The zero-order valence-electron chi connectivity index (χ0n) is 7.23. The minimum atomic E-state index is -0.735. The second-order valence-electron chi connectivity index (χ2n) is 2.40. The molecular formula is C8H8Cl2O3S. The van der Waals surface area contributed by atoms with Crippen LogP contribution in [0.5, 0.6) is 5.06 Å². The van der Waals surface area contributed by atoms with Crippen LogP contribution in [0, 0.1) is 5.92 Å². The molecule has 3 nitrogen and oxygen atoms in total. The molecule has 1 heterocycles. The van der Waals surface area contributed by atoms with Gasteiger partial charge in [-0.2, -0.15) is 0 Å². The summed E-state index contributed by atoms with van der Waals surface area (Å²) in [6.45, 7) is 1.48. The maximum absolute atomic E-state index is 11.1. The van der Waals surface area contributed by atoms with Gasteiger partial charge < -0.3 is 9.53 Å². The van der Waals surface area contributed by atoms with Gasteiger partial charge in [-0.3, -0.25) is 4.79 Å². The van der Waals surface area contributed by atoms with E-state index in [4.69, 9.17) is 16.3 Å². The minimum Gasteiger partial charge on any atom is -0.415 e. The summed E-state index contributed by atoms with van der Waals surface area (Å²) in [7, 11) is 0. The first-order chi connectivity index (χ1) is 6.13. The van der Waals surface area contributed by atoms with E-state index in [-0.39, 0.29) is 12.4 Å². The molecular weight excluding hydrogens is 247 g/mol. The molecule has 1 rings (SSSR count). The fourth-order valence-electron chi connectivity index (χ4n) is 0.600. The molecule has 1 unspecified atom stereocenters. The van der Waals surface area contributed by atoms with E-state index in [2.05, 4.69) is 0 Å². The summed E-state index contributed by atoms with van der Waals surface area (Å²) in [4.78, 5) is 21.3. The van der Waals surface area contributed by atoms with Gasteiger partial charge in [-0.25, -0.2) is 0 Å². The lowest BCUT2D eigenvalue weighted by molar-refractivity contribution is -0.140. The van der Waals surface area contributed by atoms with Gasteiger partial charge in [0.05, 0.1) is 4.34 Å². The van der Waals surface area contributed by atoms with Crippen LogP contribution in [-0.2, 0) is 9.59 Å². The lowest BCUT2D eigenvalue weighted by Gasteiger charge is -2.01. The second-order valence-corrected chi connectivity index (χ2v) is 4.08. The molecule has 0 aliphatic rings. The fourth-order valence-corrected chi connectivity index (χ4v) is 1.48. The van der Waals surface area contributed by atoms with E-state index in [0.717, 1.165) is 11.3 Å². The number of rotatable bonds is 3. The van der Waals surface area contributed by atoms with Crippen LogP contribution in [0.1, 0.15) is 6.92 Å². The number of thiophene rings is 1. The number of carbonyl (C=O) groups excluding carboxylic acids is 2. The SMILES string of the molecule is CC(C=O)C(=O)Oc1ccc(Cl)s1.Cl. The highest BCUT2D eigenvalue weighted by Crippen LogP contribution is 2.28. The first-order valence-corrected chi connectivity index (χ1v) is 4.75. The van der Waals surface area contributed by atoms with E-state index in [1.165, 1.54) is 6.92 Å². The second kappa shape index (κ2) is 6.01. The monoisotopic (exact) mass is 254 g/mol. The molecule has 0 spiro atoms. The molecule has 0 aliphatic heterocycles. The molecule has 6 heteroatoms. The van der Waals surface area contributed by atoms with E-state index in [1.54, 1.807) is 12.1 Å². The Bertz CT molecular complexity index is 324. The van der Waals surface area contributed by atoms with E-state index < -0.39 is 11.9 Å². The molecule has 0 fully saturated rings. The average Bonchev–Trinajstić information content (AvgIpc) is 2.49. The van der Waals surface area contributed by atoms with Gasteiger partial charge in [-0.05, 0) is 19.1 Å². The number of ether oxygens (including phenoxy) is 1. The van der Waals surface area contributed by atoms with Crippen LogP contribution < -0.4 is 4.74 Å². The zero-order chi connectivity index (χ0) is 9.84. The third-order valence-corrected chi connectivity index (χ3v) is 2.43. The molecule has 0 amide bonds. The van der Waals surface area contributed by atoms with Crippen molar-refractivity contribution in [3.05, 3.63) is 16.5 Å². The number of carbonyl (C=O) groups is 2. The number of hydrogen-bond acceptors (Lipinski definition) is 4. The predicted molar refractivity (Wildman–Crippen MR) is 57.4 cm³/mol. The molecule has 0 bridgehead atoms. The van der Waals surface area contributed by atoms with E-state index in [0.29, 0.717) is 15.7 Å². The largest absolute Gasteiger partial charge is 0.415 e. The smallest absolute Gasteiger partial charge is 0.322 e. The van der Waals surface area contributed by atoms with Crippen molar-refractivity contribution in [3.63, 3.8) is 0 Å². The maximum atomic E-state index is 11.1. The summed E-state index contributed by atoms with van der Waals surface area (Å²) in [6, 6.07) is 3.21. The Hall–Kier alpha value is -0.580. The van der Waals surface area contributed by atoms with Gasteiger partial charge in [0.25, 0.3) is 0 Å². The first-order valence-electron chi connectivity index (χ1n) is 3.56. The van der Waals surface area contributed by atoms with Gasteiger partial charge in [0.2, 0.25) is 0 Å². The number of aldehydes is 1. The third-order valence-electron chi connectivity index (χ3n) is 1.33. The summed E-state index contributed by atoms with van der Waals surface area (Å²) < 4.78 is 5.39. The molecule has 1 atom stereocenters. The molecule has 1 aromatic rings. The predicted octanol–water partition coefficient (Wildman–Crippen LogP) is 2.56. The molecule has 0 radical (unpaired) electrons. The van der Waals surface area contributed by atoms with Crippen LogP contribution in [0.3, 0.4) is 0 Å². The highest BCUT2D eigenvalue weighted by atomic mass is 35.5. The van der Waals surface area contributed by atoms with Gasteiger partial charge in [0, 0.05) is 0 Å². The quantitative estimate of drug-likeness (QED) is 0.473. The van der Waals surface area contributed by atoms with Gasteiger partial charge in [-0.1, -0.05) is 22.9 Å². The average molecular weight is 255 g/mol. The van der Waals surface area contributed by atoms with Gasteiger partial charge in [-0.15, -0.1) is 12.4 Å². The van der Waals surface area contributed by atoms with Crippen molar-refractivity contribution in [1.82, 2.24) is 0 Å². The Kier molecular flexibility index (Phi) is 5.76. The van der Waals surface area contributed by atoms with Crippen molar-refractivity contribution in [2.24, 2.45) is 5.92 Å². The summed E-state index contributed by atoms with van der Waals surface area (Å²) >= 11 is 6.77. The Morgan fingerprint density at radius 2 is 2.29 bits per heavy atom. The van der Waals surface area contributed by atoms with Crippen molar-refractivity contribution in [1.29, 1.82) is 0 Å². The summed E-state index contributed by atoms with van der Waals surface area (Å²) in [6.07, 6.45) is 0.539. The standard InChI is InChI=1S/C8H7ClO3S.ClH/c1-5(4-10)8(11)12-7-3-2-6(9)13-7;/h2-5H,1H3;1H. The van der Waals surface area contributed by atoms with Crippen molar-refractivity contribution in [2.75, 3.05) is 0 Å². The lowest BCUT2D eigenvalue weighted by Crippen LogP contribution is -2.18. The van der Waals surface area contributed by atoms with Crippen molar-refractivity contribution in [2.45, 2.75) is 6.92 Å². The normalized spacial score (nSPS) is 11.3. The molecule has 0 aromatic carbocycles. The van der Waals surface area contributed by atoms with Crippen LogP contribution in [0.15, 0.2) is 12.1 Å². The van der Waals surface area contributed by atoms with Crippen LogP contribution in [0.4, 0.5) is 0 Å². The summed E-state index contributed by atoms with van der Waals surface area (Å²) in [5.74, 6) is -1.30. The van der Waals surface area contributed by atoms with Crippen LogP contribution in [0.2, 0.25) is 4.34 Å². The molecule has 14 heavy (non-hydrogen) atoms. The van der Waals surface area contributed by atoms with Gasteiger partial charge in [0.1, 0.15) is 12.2 Å². The number of esters is 1. The molecule has 0 saturated heterocycles. The first kappa shape index (κ1) is 13.4. The Labute approximate surface area is 96.4 Å². The Morgan fingerprint density at radius 1 is 1.64 bits per heavy atom. The van der Waals surface area contributed by atoms with Gasteiger partial charge in [0.15, 0.2) is 5.06 Å². The zero-order valence-corrected chi connectivity index (χ0v) is 9.62. The fraction of sp³-hybridized carbons (Fsp3) is 0.250. The van der Waals surface area contributed by atoms with Crippen molar-refractivity contribution >= 4 is 47.6 Å². The molecule has 78 valence electrons.